The molecule has 1 N–H and O–H groups in total. The van der Waals surface area contributed by atoms with Crippen LogP contribution in [0.25, 0.3) is 0 Å². The molecule has 1 saturated heterocycles. The van der Waals surface area contributed by atoms with Gasteiger partial charge in [-0.1, -0.05) is 20.8 Å². The number of hydrogen-bond acceptors (Lipinski definition) is 3. The first-order chi connectivity index (χ1) is 8.37. The van der Waals surface area contributed by atoms with Gasteiger partial charge in [-0.2, -0.15) is 0 Å². The van der Waals surface area contributed by atoms with Crippen molar-refractivity contribution in [2.24, 2.45) is 5.41 Å². The summed E-state index contributed by atoms with van der Waals surface area (Å²) in [5.41, 5.74) is 0.286. The zero-order valence-corrected chi connectivity index (χ0v) is 12.9. The van der Waals surface area contributed by atoms with Crippen LogP contribution in [0.5, 0.6) is 0 Å². The standard InChI is InChI=1S/C13H28N2O2S/c1-4-14-9-6-12-18(16,17)15-10-5-7-13(2,3)8-11-15/h14H,4-12H2,1-3H3. The number of nitrogens with one attached hydrogen (secondary N) is 1. The van der Waals surface area contributed by atoms with Crippen LogP contribution in [0.15, 0.2) is 0 Å². The quantitative estimate of drug-likeness (QED) is 0.753. The number of nitrogens with zero attached hydrogens (tertiary/aromatic N) is 1. The highest BCUT2D eigenvalue weighted by Gasteiger charge is 2.28. The van der Waals surface area contributed by atoms with Gasteiger partial charge in [0.1, 0.15) is 0 Å². The lowest BCUT2D eigenvalue weighted by molar-refractivity contribution is 0.314. The van der Waals surface area contributed by atoms with E-state index in [1.807, 2.05) is 6.92 Å². The highest BCUT2D eigenvalue weighted by Crippen LogP contribution is 2.30. The van der Waals surface area contributed by atoms with Crippen molar-refractivity contribution in [2.75, 3.05) is 31.9 Å². The van der Waals surface area contributed by atoms with Gasteiger partial charge in [0.05, 0.1) is 5.75 Å². The van der Waals surface area contributed by atoms with E-state index in [9.17, 15) is 8.42 Å². The Morgan fingerprint density at radius 3 is 2.61 bits per heavy atom. The average molecular weight is 276 g/mol. The highest BCUT2D eigenvalue weighted by atomic mass is 32.2. The second-order valence-electron chi connectivity index (χ2n) is 5.94. The summed E-state index contributed by atoms with van der Waals surface area (Å²) in [7, 11) is -3.04. The topological polar surface area (TPSA) is 49.4 Å². The van der Waals surface area contributed by atoms with Gasteiger partial charge < -0.3 is 5.32 Å². The van der Waals surface area contributed by atoms with Crippen LogP contribution in [0.3, 0.4) is 0 Å². The Kier molecular flexibility index (Phi) is 6.08. The molecule has 0 aromatic rings. The van der Waals surface area contributed by atoms with Crippen LogP contribution < -0.4 is 5.32 Å². The maximum atomic E-state index is 12.2. The molecule has 1 aliphatic rings. The molecule has 0 aromatic carbocycles. The number of hydrogen-bond donors (Lipinski definition) is 1. The van der Waals surface area contributed by atoms with Gasteiger partial charge in [-0.25, -0.2) is 12.7 Å². The van der Waals surface area contributed by atoms with Crippen molar-refractivity contribution in [3.8, 4) is 0 Å². The van der Waals surface area contributed by atoms with Crippen molar-refractivity contribution in [3.63, 3.8) is 0 Å². The Morgan fingerprint density at radius 2 is 1.94 bits per heavy atom. The van der Waals surface area contributed by atoms with Crippen LogP contribution in [-0.2, 0) is 10.0 Å². The summed E-state index contributed by atoms with van der Waals surface area (Å²) in [5, 5.41) is 3.17. The largest absolute Gasteiger partial charge is 0.317 e. The Balaban J connectivity index is 2.46. The maximum Gasteiger partial charge on any atom is 0.214 e. The van der Waals surface area contributed by atoms with E-state index in [-0.39, 0.29) is 11.2 Å². The van der Waals surface area contributed by atoms with Gasteiger partial charge in [-0.05, 0) is 44.2 Å². The first-order valence-electron chi connectivity index (χ1n) is 7.06. The van der Waals surface area contributed by atoms with E-state index in [2.05, 4.69) is 19.2 Å². The van der Waals surface area contributed by atoms with Gasteiger partial charge in [0.25, 0.3) is 0 Å². The van der Waals surface area contributed by atoms with Gasteiger partial charge in [-0.3, -0.25) is 0 Å². The van der Waals surface area contributed by atoms with Crippen LogP contribution >= 0.6 is 0 Å². The minimum Gasteiger partial charge on any atom is -0.317 e. The Labute approximate surface area is 112 Å². The van der Waals surface area contributed by atoms with E-state index in [1.165, 1.54) is 0 Å². The molecule has 1 aliphatic heterocycles. The van der Waals surface area contributed by atoms with E-state index in [4.69, 9.17) is 0 Å². The molecule has 0 spiro atoms. The second-order valence-corrected chi connectivity index (χ2v) is 8.03. The maximum absolute atomic E-state index is 12.2. The lowest BCUT2D eigenvalue weighted by atomic mass is 9.85. The van der Waals surface area contributed by atoms with Crippen molar-refractivity contribution in [2.45, 2.75) is 46.5 Å². The molecule has 1 rings (SSSR count). The molecule has 0 aromatic heterocycles. The summed E-state index contributed by atoms with van der Waals surface area (Å²) in [6.07, 6.45) is 3.78. The molecule has 0 saturated carbocycles. The molecule has 0 aliphatic carbocycles. The van der Waals surface area contributed by atoms with Crippen LogP contribution in [0.2, 0.25) is 0 Å². The molecule has 18 heavy (non-hydrogen) atoms. The lowest BCUT2D eigenvalue weighted by Gasteiger charge is -2.23. The summed E-state index contributed by atoms with van der Waals surface area (Å²) in [4.78, 5) is 0. The fourth-order valence-electron chi connectivity index (χ4n) is 2.36. The van der Waals surface area contributed by atoms with Gasteiger partial charge in [0.15, 0.2) is 0 Å². The van der Waals surface area contributed by atoms with E-state index in [0.717, 1.165) is 32.4 Å². The molecule has 0 atom stereocenters. The van der Waals surface area contributed by atoms with E-state index >= 15 is 0 Å². The first kappa shape index (κ1) is 15.9. The van der Waals surface area contributed by atoms with Gasteiger partial charge in [-0.15, -0.1) is 0 Å². The third-order valence-corrected chi connectivity index (χ3v) is 5.65. The minimum absolute atomic E-state index is 0.278. The molecule has 0 bridgehead atoms. The fourth-order valence-corrected chi connectivity index (χ4v) is 3.91. The minimum atomic E-state index is -3.04. The third kappa shape index (κ3) is 5.24. The van der Waals surface area contributed by atoms with Crippen LogP contribution in [0.4, 0.5) is 0 Å². The number of sulfonamides is 1. The van der Waals surface area contributed by atoms with Crippen molar-refractivity contribution in [1.29, 1.82) is 0 Å². The predicted molar refractivity (Wildman–Crippen MR) is 76.2 cm³/mol. The smallest absolute Gasteiger partial charge is 0.214 e. The zero-order valence-electron chi connectivity index (χ0n) is 12.0. The van der Waals surface area contributed by atoms with Gasteiger partial charge in [0.2, 0.25) is 10.0 Å². The first-order valence-corrected chi connectivity index (χ1v) is 8.67. The molecule has 1 heterocycles. The predicted octanol–water partition coefficient (Wildman–Crippen LogP) is 1.83. The van der Waals surface area contributed by atoms with Crippen molar-refractivity contribution >= 4 is 10.0 Å². The van der Waals surface area contributed by atoms with Crippen LogP contribution in [0.1, 0.15) is 46.5 Å². The summed E-state index contributed by atoms with van der Waals surface area (Å²) in [5.74, 6) is 0.278. The Morgan fingerprint density at radius 1 is 1.22 bits per heavy atom. The van der Waals surface area contributed by atoms with E-state index in [0.29, 0.717) is 19.5 Å². The molecule has 4 nitrogen and oxygen atoms in total. The van der Waals surface area contributed by atoms with Crippen molar-refractivity contribution in [1.82, 2.24) is 9.62 Å². The zero-order chi connectivity index (χ0) is 13.6. The molecular formula is C13H28N2O2S. The summed E-state index contributed by atoms with van der Waals surface area (Å²) in [6, 6.07) is 0. The SMILES string of the molecule is CCNCCCS(=O)(=O)N1CCCC(C)(C)CC1. The number of rotatable bonds is 6. The lowest BCUT2D eigenvalue weighted by Crippen LogP contribution is -2.35. The monoisotopic (exact) mass is 276 g/mol. The highest BCUT2D eigenvalue weighted by molar-refractivity contribution is 7.89. The molecule has 0 radical (unpaired) electrons. The van der Waals surface area contributed by atoms with Gasteiger partial charge in [0, 0.05) is 13.1 Å². The molecule has 108 valence electrons. The van der Waals surface area contributed by atoms with Crippen LogP contribution in [0, 0.1) is 5.41 Å². The summed E-state index contributed by atoms with van der Waals surface area (Å²) >= 11 is 0. The van der Waals surface area contributed by atoms with E-state index < -0.39 is 10.0 Å². The van der Waals surface area contributed by atoms with Crippen molar-refractivity contribution < 1.29 is 8.42 Å². The molecule has 5 heteroatoms. The van der Waals surface area contributed by atoms with E-state index in [1.54, 1.807) is 4.31 Å². The average Bonchev–Trinajstić information content (AvgIpc) is 2.46. The fraction of sp³-hybridized carbons (Fsp3) is 1.00. The van der Waals surface area contributed by atoms with Crippen molar-refractivity contribution in [3.05, 3.63) is 0 Å². The third-order valence-electron chi connectivity index (χ3n) is 3.70. The van der Waals surface area contributed by atoms with Gasteiger partial charge >= 0.3 is 0 Å². The molecular weight excluding hydrogens is 248 g/mol. The second kappa shape index (κ2) is 6.87. The molecule has 0 amide bonds. The normalized spacial score (nSPS) is 21.7. The summed E-state index contributed by atoms with van der Waals surface area (Å²) < 4.78 is 26.1. The molecule has 0 unspecified atom stereocenters. The van der Waals surface area contributed by atoms with Crippen LogP contribution in [-0.4, -0.2) is 44.7 Å². The Hall–Kier alpha value is -0.130. The molecule has 1 fully saturated rings. The summed E-state index contributed by atoms with van der Waals surface area (Å²) in [6.45, 7) is 9.57. The Bertz CT molecular complexity index is 339.